The predicted molar refractivity (Wildman–Crippen MR) is 106 cm³/mol. The molecule has 0 aromatic carbocycles. The second kappa shape index (κ2) is 7.62. The summed E-state index contributed by atoms with van der Waals surface area (Å²) in [5, 5.41) is 4.67. The van der Waals surface area contributed by atoms with Crippen molar-refractivity contribution in [3.63, 3.8) is 0 Å². The van der Waals surface area contributed by atoms with Crippen molar-refractivity contribution < 1.29 is 4.74 Å². The molecule has 1 fully saturated rings. The van der Waals surface area contributed by atoms with E-state index in [0.717, 1.165) is 55.7 Å². The van der Waals surface area contributed by atoms with Crippen LogP contribution in [-0.4, -0.2) is 38.9 Å². The van der Waals surface area contributed by atoms with Crippen LogP contribution in [0.5, 0.6) is 0 Å². The highest BCUT2D eigenvalue weighted by Crippen LogP contribution is 2.31. The maximum atomic E-state index is 12.6. The van der Waals surface area contributed by atoms with E-state index in [1.165, 1.54) is 30.5 Å². The molecule has 7 heteroatoms. The van der Waals surface area contributed by atoms with Gasteiger partial charge >= 0.3 is 0 Å². The second-order valence-electron chi connectivity index (χ2n) is 8.11. The SMILES string of the molecule is O=c1cc2c(nn1CC1CCCN1c1ncnc3c1CCCCC3)CCOC2. The van der Waals surface area contributed by atoms with Gasteiger partial charge in [-0.2, -0.15) is 5.10 Å². The summed E-state index contributed by atoms with van der Waals surface area (Å²) in [6.07, 6.45) is 10.5. The van der Waals surface area contributed by atoms with Crippen molar-refractivity contribution in [2.45, 2.75) is 70.6 Å². The van der Waals surface area contributed by atoms with Crippen molar-refractivity contribution in [2.75, 3.05) is 18.1 Å². The van der Waals surface area contributed by atoms with Gasteiger partial charge in [-0.3, -0.25) is 4.79 Å². The number of hydrogen-bond donors (Lipinski definition) is 0. The molecule has 2 aliphatic heterocycles. The summed E-state index contributed by atoms with van der Waals surface area (Å²) in [6.45, 7) is 2.79. The summed E-state index contributed by atoms with van der Waals surface area (Å²) in [4.78, 5) is 24.3. The Labute approximate surface area is 164 Å². The fourth-order valence-corrected chi connectivity index (χ4v) is 4.82. The molecular formula is C21H27N5O2. The number of ether oxygens (including phenoxy) is 1. The summed E-state index contributed by atoms with van der Waals surface area (Å²) in [5.41, 5.74) is 4.47. The highest BCUT2D eigenvalue weighted by Gasteiger charge is 2.30. The van der Waals surface area contributed by atoms with Crippen LogP contribution in [0.25, 0.3) is 0 Å². The fraction of sp³-hybridized carbons (Fsp3) is 0.619. The molecule has 0 radical (unpaired) electrons. The van der Waals surface area contributed by atoms with Crippen LogP contribution < -0.4 is 10.5 Å². The lowest BCUT2D eigenvalue weighted by Crippen LogP contribution is -2.39. The van der Waals surface area contributed by atoms with Crippen molar-refractivity contribution >= 4 is 5.82 Å². The molecule has 3 aliphatic rings. The maximum absolute atomic E-state index is 12.6. The zero-order chi connectivity index (χ0) is 18.9. The smallest absolute Gasteiger partial charge is 0.267 e. The number of rotatable bonds is 3. The molecule has 2 aromatic heterocycles. The average Bonchev–Trinajstić information content (AvgIpc) is 3.02. The van der Waals surface area contributed by atoms with Crippen molar-refractivity contribution in [1.82, 2.24) is 19.7 Å². The molecule has 1 saturated heterocycles. The minimum atomic E-state index is -0.0300. The second-order valence-corrected chi connectivity index (χ2v) is 8.11. The lowest BCUT2D eigenvalue weighted by Gasteiger charge is -2.28. The number of aryl methyl sites for hydroxylation is 1. The largest absolute Gasteiger partial charge is 0.376 e. The van der Waals surface area contributed by atoms with Crippen LogP contribution in [0, 0.1) is 0 Å². The highest BCUT2D eigenvalue weighted by atomic mass is 16.5. The Morgan fingerprint density at radius 3 is 2.96 bits per heavy atom. The van der Waals surface area contributed by atoms with Gasteiger partial charge in [0, 0.05) is 35.9 Å². The lowest BCUT2D eigenvalue weighted by atomic mass is 10.1. The van der Waals surface area contributed by atoms with Crippen molar-refractivity contribution in [3.8, 4) is 0 Å². The zero-order valence-electron chi connectivity index (χ0n) is 16.3. The third kappa shape index (κ3) is 3.32. The van der Waals surface area contributed by atoms with Crippen molar-refractivity contribution in [2.24, 2.45) is 0 Å². The van der Waals surface area contributed by atoms with E-state index in [9.17, 15) is 4.79 Å². The van der Waals surface area contributed by atoms with Crippen LogP contribution in [0.3, 0.4) is 0 Å². The molecule has 1 atom stereocenters. The summed E-state index contributed by atoms with van der Waals surface area (Å²) in [5.74, 6) is 1.09. The molecule has 28 heavy (non-hydrogen) atoms. The number of fused-ring (bicyclic) bond motifs is 2. The van der Waals surface area contributed by atoms with Crippen LogP contribution in [-0.2, 0) is 37.2 Å². The number of aromatic nitrogens is 4. The Kier molecular flexibility index (Phi) is 4.84. The third-order valence-corrected chi connectivity index (χ3v) is 6.29. The quantitative estimate of drug-likeness (QED) is 0.758. The Bertz CT molecular complexity index is 925. The van der Waals surface area contributed by atoms with Gasteiger partial charge in [-0.1, -0.05) is 6.42 Å². The van der Waals surface area contributed by atoms with Gasteiger partial charge in [0.2, 0.25) is 0 Å². The molecule has 4 heterocycles. The first kappa shape index (κ1) is 17.8. The summed E-state index contributed by atoms with van der Waals surface area (Å²) >= 11 is 0. The van der Waals surface area contributed by atoms with Gasteiger partial charge in [0.05, 0.1) is 31.5 Å². The minimum Gasteiger partial charge on any atom is -0.376 e. The van der Waals surface area contributed by atoms with E-state index in [0.29, 0.717) is 19.8 Å². The number of hydrogen-bond acceptors (Lipinski definition) is 6. The van der Waals surface area contributed by atoms with Crippen LogP contribution >= 0.6 is 0 Å². The van der Waals surface area contributed by atoms with Crippen LogP contribution in [0.2, 0.25) is 0 Å². The summed E-state index contributed by atoms with van der Waals surface area (Å²) < 4.78 is 7.11. The molecule has 5 rings (SSSR count). The van der Waals surface area contributed by atoms with Crippen LogP contribution in [0.4, 0.5) is 5.82 Å². The predicted octanol–water partition coefficient (Wildman–Crippen LogP) is 2.04. The third-order valence-electron chi connectivity index (χ3n) is 6.29. The Morgan fingerprint density at radius 1 is 1.07 bits per heavy atom. The van der Waals surface area contributed by atoms with E-state index >= 15 is 0 Å². The van der Waals surface area contributed by atoms with Gasteiger partial charge < -0.3 is 9.64 Å². The van der Waals surface area contributed by atoms with Crippen molar-refractivity contribution in [3.05, 3.63) is 45.3 Å². The molecule has 7 nitrogen and oxygen atoms in total. The van der Waals surface area contributed by atoms with E-state index in [1.54, 1.807) is 17.1 Å². The van der Waals surface area contributed by atoms with E-state index in [2.05, 4.69) is 15.0 Å². The molecule has 0 bridgehead atoms. The molecule has 1 aliphatic carbocycles. The molecule has 2 aromatic rings. The lowest BCUT2D eigenvalue weighted by molar-refractivity contribution is 0.108. The zero-order valence-corrected chi connectivity index (χ0v) is 16.3. The van der Waals surface area contributed by atoms with E-state index in [-0.39, 0.29) is 11.6 Å². The van der Waals surface area contributed by atoms with E-state index in [4.69, 9.17) is 9.72 Å². The van der Waals surface area contributed by atoms with Gasteiger partial charge in [0.25, 0.3) is 5.56 Å². The first-order valence-corrected chi connectivity index (χ1v) is 10.6. The van der Waals surface area contributed by atoms with Gasteiger partial charge in [0.15, 0.2) is 0 Å². The Morgan fingerprint density at radius 2 is 2.00 bits per heavy atom. The topological polar surface area (TPSA) is 73.1 Å². The summed E-state index contributed by atoms with van der Waals surface area (Å²) in [7, 11) is 0. The summed E-state index contributed by atoms with van der Waals surface area (Å²) in [6, 6.07) is 1.96. The molecule has 0 amide bonds. The highest BCUT2D eigenvalue weighted by molar-refractivity contribution is 5.51. The number of anilines is 1. The average molecular weight is 381 g/mol. The molecule has 0 spiro atoms. The van der Waals surface area contributed by atoms with Gasteiger partial charge in [0.1, 0.15) is 12.1 Å². The van der Waals surface area contributed by atoms with Crippen LogP contribution in [0.1, 0.15) is 54.6 Å². The molecule has 1 unspecified atom stereocenters. The van der Waals surface area contributed by atoms with Crippen molar-refractivity contribution in [1.29, 1.82) is 0 Å². The van der Waals surface area contributed by atoms with Crippen LogP contribution in [0.15, 0.2) is 17.2 Å². The van der Waals surface area contributed by atoms with E-state index in [1.807, 2.05) is 0 Å². The van der Waals surface area contributed by atoms with Gasteiger partial charge in [-0.25, -0.2) is 14.6 Å². The molecular weight excluding hydrogens is 354 g/mol. The standard InChI is InChI=1S/C21H27N5O2/c27-20-11-15-13-28-10-8-18(15)24-26(20)12-16-5-4-9-25(16)21-17-6-2-1-3-7-19(17)22-14-23-21/h11,14,16H,1-10,12-13H2. The van der Waals surface area contributed by atoms with Gasteiger partial charge in [-0.15, -0.1) is 0 Å². The van der Waals surface area contributed by atoms with Gasteiger partial charge in [-0.05, 0) is 38.5 Å². The maximum Gasteiger partial charge on any atom is 0.267 e. The first-order valence-electron chi connectivity index (χ1n) is 10.6. The monoisotopic (exact) mass is 381 g/mol. The molecule has 0 N–H and O–H groups in total. The Balaban J connectivity index is 1.44. The Hall–Kier alpha value is -2.28. The minimum absolute atomic E-state index is 0.0300. The van der Waals surface area contributed by atoms with E-state index < -0.39 is 0 Å². The number of nitrogens with zero attached hydrogens (tertiary/aromatic N) is 5. The first-order chi connectivity index (χ1) is 13.8. The molecule has 0 saturated carbocycles. The normalized spacial score (nSPS) is 21.9. The molecule has 148 valence electrons. The fourth-order valence-electron chi connectivity index (χ4n) is 4.82.